The molecule has 0 aromatic heterocycles. The van der Waals surface area contributed by atoms with Crippen LogP contribution in [0.1, 0.15) is 85.5 Å². The number of hydrogen-bond donors (Lipinski definition) is 2. The van der Waals surface area contributed by atoms with Gasteiger partial charge >= 0.3 is 0 Å². The van der Waals surface area contributed by atoms with Crippen molar-refractivity contribution in [1.82, 2.24) is 0 Å². The van der Waals surface area contributed by atoms with Crippen LogP contribution in [0, 0.1) is 23.2 Å². The monoisotopic (exact) mass is 396 g/mol. The smallest absolute Gasteiger partial charge is 0.192 e. The molecule has 0 aliphatic heterocycles. The van der Waals surface area contributed by atoms with E-state index < -0.39 is 13.9 Å². The highest BCUT2D eigenvalue weighted by molar-refractivity contribution is 6.74. The lowest BCUT2D eigenvalue weighted by molar-refractivity contribution is -0.129. The summed E-state index contributed by atoms with van der Waals surface area (Å²) >= 11 is 0. The van der Waals surface area contributed by atoms with Crippen LogP contribution in [0.5, 0.6) is 0 Å². The number of aliphatic hydroxyl groups is 2. The Morgan fingerprint density at radius 1 is 0.963 bits per heavy atom. The van der Waals surface area contributed by atoms with E-state index in [4.69, 9.17) is 4.43 Å². The molecule has 4 heteroatoms. The van der Waals surface area contributed by atoms with E-state index in [1.54, 1.807) is 0 Å². The summed E-state index contributed by atoms with van der Waals surface area (Å²) in [5.74, 6) is 1.71. The Labute approximate surface area is 168 Å². The van der Waals surface area contributed by atoms with Gasteiger partial charge in [0.15, 0.2) is 8.32 Å². The zero-order chi connectivity index (χ0) is 20.1. The zero-order valence-electron chi connectivity index (χ0n) is 18.7. The lowest BCUT2D eigenvalue weighted by atomic mass is 9.57. The third-order valence-corrected chi connectivity index (χ3v) is 13.9. The molecule has 2 N–H and O–H groups in total. The van der Waals surface area contributed by atoms with Crippen molar-refractivity contribution in [2.45, 2.75) is 115 Å². The number of hydrogen-bond acceptors (Lipinski definition) is 3. The normalized spacial score (nSPS) is 43.6. The zero-order valence-corrected chi connectivity index (χ0v) is 19.7. The first-order valence-electron chi connectivity index (χ1n) is 11.4. The lowest BCUT2D eigenvalue weighted by Crippen LogP contribution is -2.51. The first-order valence-corrected chi connectivity index (χ1v) is 14.3. The average molecular weight is 397 g/mol. The largest absolute Gasteiger partial charge is 0.414 e. The van der Waals surface area contributed by atoms with Gasteiger partial charge in [-0.3, -0.25) is 0 Å². The van der Waals surface area contributed by atoms with E-state index in [0.29, 0.717) is 12.0 Å². The molecule has 4 atom stereocenters. The van der Waals surface area contributed by atoms with E-state index in [2.05, 4.69) is 40.8 Å². The molecule has 0 spiro atoms. The van der Waals surface area contributed by atoms with Crippen molar-refractivity contribution < 1.29 is 14.6 Å². The van der Waals surface area contributed by atoms with Gasteiger partial charge in [-0.05, 0) is 93.7 Å². The van der Waals surface area contributed by atoms with E-state index in [9.17, 15) is 10.2 Å². The molecule has 0 radical (unpaired) electrons. The maximum absolute atomic E-state index is 11.4. The molecule has 3 nitrogen and oxygen atoms in total. The molecule has 3 aliphatic carbocycles. The molecule has 0 bridgehead atoms. The van der Waals surface area contributed by atoms with Gasteiger partial charge < -0.3 is 14.6 Å². The summed E-state index contributed by atoms with van der Waals surface area (Å²) in [4.78, 5) is 0. The summed E-state index contributed by atoms with van der Waals surface area (Å²) in [5, 5.41) is 21.5. The maximum atomic E-state index is 11.4. The highest BCUT2D eigenvalue weighted by Gasteiger charge is 2.59. The van der Waals surface area contributed by atoms with Crippen molar-refractivity contribution >= 4 is 8.32 Å². The Bertz CT molecular complexity index is 520. The van der Waals surface area contributed by atoms with Gasteiger partial charge in [0.05, 0.1) is 5.60 Å². The van der Waals surface area contributed by atoms with Gasteiger partial charge in [0.1, 0.15) is 0 Å². The highest BCUT2D eigenvalue weighted by atomic mass is 28.4. The first kappa shape index (κ1) is 21.8. The van der Waals surface area contributed by atoms with Crippen LogP contribution in [-0.2, 0) is 4.43 Å². The van der Waals surface area contributed by atoms with Gasteiger partial charge in [0.25, 0.3) is 0 Å². The quantitative estimate of drug-likeness (QED) is 0.616. The van der Waals surface area contributed by atoms with Gasteiger partial charge in [-0.15, -0.1) is 0 Å². The Balaban J connectivity index is 1.56. The molecule has 3 rings (SSSR count). The standard InChI is InChI=1S/C23H44O3Si/c1-21(2,3)27(5,6)26-20-9-7-17(8-10-20)18-11-13-22(4)19(16-24)12-14-23(22,25)15-18/h17-20,24-25H,7-16H2,1-6H3/t17?,18-,19+,20?,22+,23-/m0/s1. The minimum Gasteiger partial charge on any atom is -0.414 e. The fourth-order valence-corrected chi connectivity index (χ4v) is 7.58. The number of fused-ring (bicyclic) bond motifs is 1. The molecule has 3 aliphatic rings. The Kier molecular flexibility index (Phi) is 5.98. The topological polar surface area (TPSA) is 49.7 Å². The van der Waals surface area contributed by atoms with E-state index >= 15 is 0 Å². The molecule has 27 heavy (non-hydrogen) atoms. The number of rotatable bonds is 4. The summed E-state index contributed by atoms with van der Waals surface area (Å²) in [6.45, 7) is 14.2. The summed E-state index contributed by atoms with van der Waals surface area (Å²) < 4.78 is 6.67. The predicted molar refractivity (Wildman–Crippen MR) is 114 cm³/mol. The second-order valence-corrected chi connectivity index (χ2v) is 16.5. The predicted octanol–water partition coefficient (Wildman–Crippen LogP) is 5.51. The second kappa shape index (κ2) is 7.41. The van der Waals surface area contributed by atoms with Crippen LogP contribution in [-0.4, -0.2) is 36.8 Å². The average Bonchev–Trinajstić information content (AvgIpc) is 2.84. The Morgan fingerprint density at radius 3 is 2.15 bits per heavy atom. The SMILES string of the molecule is CC(C)(C)[Si](C)(C)OC1CCC([C@H]2CC[C@]3(C)[C@@H](CO)CC[C@]3(O)C2)CC1. The molecule has 0 aromatic rings. The van der Waals surface area contributed by atoms with Gasteiger partial charge in [-0.25, -0.2) is 0 Å². The van der Waals surface area contributed by atoms with Crippen LogP contribution in [0.2, 0.25) is 18.1 Å². The summed E-state index contributed by atoms with van der Waals surface area (Å²) in [6, 6.07) is 0. The molecule has 0 amide bonds. The third kappa shape index (κ3) is 3.93. The molecule has 3 fully saturated rings. The van der Waals surface area contributed by atoms with E-state index in [0.717, 1.165) is 31.6 Å². The number of aliphatic hydroxyl groups excluding tert-OH is 1. The van der Waals surface area contributed by atoms with E-state index in [1.165, 1.54) is 32.1 Å². The van der Waals surface area contributed by atoms with Crippen LogP contribution in [0.15, 0.2) is 0 Å². The molecule has 3 saturated carbocycles. The summed E-state index contributed by atoms with van der Waals surface area (Å²) in [6.07, 6.45) is 10.5. The Morgan fingerprint density at radius 2 is 1.59 bits per heavy atom. The van der Waals surface area contributed by atoms with Crippen LogP contribution in [0.3, 0.4) is 0 Å². The molecule has 0 aromatic carbocycles. The summed E-state index contributed by atoms with van der Waals surface area (Å²) in [5.41, 5.74) is -0.612. The van der Waals surface area contributed by atoms with Gasteiger partial charge in [0.2, 0.25) is 0 Å². The van der Waals surface area contributed by atoms with Gasteiger partial charge in [0, 0.05) is 18.1 Å². The van der Waals surface area contributed by atoms with Crippen LogP contribution >= 0.6 is 0 Å². The minimum atomic E-state index is -1.67. The van der Waals surface area contributed by atoms with Crippen molar-refractivity contribution in [1.29, 1.82) is 0 Å². The first-order chi connectivity index (χ1) is 12.4. The van der Waals surface area contributed by atoms with Gasteiger partial charge in [-0.2, -0.15) is 0 Å². The lowest BCUT2D eigenvalue weighted by Gasteiger charge is -2.51. The second-order valence-electron chi connectivity index (χ2n) is 11.8. The van der Waals surface area contributed by atoms with Crippen LogP contribution in [0.25, 0.3) is 0 Å². The highest BCUT2D eigenvalue weighted by Crippen LogP contribution is 2.60. The molecule has 0 heterocycles. The van der Waals surface area contributed by atoms with E-state index in [1.807, 2.05) is 0 Å². The molecular formula is C23H44O3Si. The minimum absolute atomic E-state index is 0.0686. The maximum Gasteiger partial charge on any atom is 0.192 e. The Hall–Kier alpha value is 0.0969. The van der Waals surface area contributed by atoms with E-state index in [-0.39, 0.29) is 23.0 Å². The fourth-order valence-electron chi connectivity index (χ4n) is 6.16. The van der Waals surface area contributed by atoms with Gasteiger partial charge in [-0.1, -0.05) is 27.7 Å². The van der Waals surface area contributed by atoms with Crippen molar-refractivity contribution in [3.8, 4) is 0 Å². The summed E-state index contributed by atoms with van der Waals surface area (Å²) in [7, 11) is -1.67. The third-order valence-electron chi connectivity index (χ3n) is 9.38. The molecular weight excluding hydrogens is 352 g/mol. The molecule has 158 valence electrons. The van der Waals surface area contributed by atoms with Crippen molar-refractivity contribution in [2.75, 3.05) is 6.61 Å². The van der Waals surface area contributed by atoms with Crippen molar-refractivity contribution in [3.05, 3.63) is 0 Å². The van der Waals surface area contributed by atoms with Crippen LogP contribution in [0.4, 0.5) is 0 Å². The fraction of sp³-hybridized carbons (Fsp3) is 1.00. The van der Waals surface area contributed by atoms with Crippen LogP contribution < -0.4 is 0 Å². The molecule has 0 unspecified atom stereocenters. The van der Waals surface area contributed by atoms with Crippen molar-refractivity contribution in [3.63, 3.8) is 0 Å². The molecule has 0 saturated heterocycles. The van der Waals surface area contributed by atoms with Crippen molar-refractivity contribution in [2.24, 2.45) is 23.2 Å².